The lowest BCUT2D eigenvalue weighted by molar-refractivity contribution is -0.149. The maximum Gasteiger partial charge on any atom is 0.309 e. The lowest BCUT2D eigenvalue weighted by Crippen LogP contribution is -2.20. The maximum absolute atomic E-state index is 12.2. The molecule has 5 nitrogen and oxygen atoms in total. The van der Waals surface area contributed by atoms with E-state index >= 15 is 0 Å². The topological polar surface area (TPSA) is 76.1 Å². The predicted octanol–water partition coefficient (Wildman–Crippen LogP) is 4.33. The van der Waals surface area contributed by atoms with E-state index in [4.69, 9.17) is 14.6 Å². The third-order valence-electron chi connectivity index (χ3n) is 4.50. The molecule has 0 radical (unpaired) electrons. The van der Waals surface area contributed by atoms with Crippen LogP contribution in [0, 0.1) is 5.92 Å². The first-order valence-corrected chi connectivity index (χ1v) is 9.63. The van der Waals surface area contributed by atoms with Gasteiger partial charge in [0.15, 0.2) is 0 Å². The first-order chi connectivity index (χ1) is 11.6. The van der Waals surface area contributed by atoms with Gasteiger partial charge in [-0.1, -0.05) is 58.3 Å². The molecule has 1 aliphatic heterocycles. The smallest absolute Gasteiger partial charge is 0.309 e. The Morgan fingerprint density at radius 2 is 1.62 bits per heavy atom. The first-order valence-electron chi connectivity index (χ1n) is 9.63. The van der Waals surface area contributed by atoms with Crippen molar-refractivity contribution < 1.29 is 24.2 Å². The summed E-state index contributed by atoms with van der Waals surface area (Å²) in [4.78, 5) is 22.7. The molecule has 0 spiro atoms. The highest BCUT2D eigenvalue weighted by Crippen LogP contribution is 2.21. The molecule has 1 rings (SSSR count). The van der Waals surface area contributed by atoms with Crippen molar-refractivity contribution in [2.24, 2.45) is 5.92 Å². The Morgan fingerprint density at radius 1 is 1.04 bits per heavy atom. The van der Waals surface area contributed by atoms with Gasteiger partial charge >= 0.3 is 11.9 Å². The van der Waals surface area contributed by atoms with Crippen molar-refractivity contribution >= 4 is 11.9 Å². The van der Waals surface area contributed by atoms with Gasteiger partial charge in [-0.05, 0) is 19.3 Å². The standard InChI is InChI=1S/C19H34O5/c1-2-3-4-8-11-16(19(22)24-15-17-14-23-17)12-9-6-5-7-10-13-18(20)21/h16-17H,2-15H2,1H3,(H,20,21). The number of esters is 1. The Balaban J connectivity index is 2.15. The summed E-state index contributed by atoms with van der Waals surface area (Å²) in [6, 6.07) is 0. The average Bonchev–Trinajstić information content (AvgIpc) is 3.37. The fourth-order valence-electron chi connectivity index (χ4n) is 2.85. The summed E-state index contributed by atoms with van der Waals surface area (Å²) in [7, 11) is 0. The zero-order valence-corrected chi connectivity index (χ0v) is 15.1. The molecule has 1 fully saturated rings. The molecule has 1 aliphatic rings. The van der Waals surface area contributed by atoms with E-state index < -0.39 is 5.97 Å². The quantitative estimate of drug-likeness (QED) is 0.257. The van der Waals surface area contributed by atoms with Crippen molar-refractivity contribution in [3.8, 4) is 0 Å². The van der Waals surface area contributed by atoms with Crippen LogP contribution in [-0.2, 0) is 19.1 Å². The van der Waals surface area contributed by atoms with E-state index in [1.54, 1.807) is 0 Å². The fourth-order valence-corrected chi connectivity index (χ4v) is 2.85. The molecule has 140 valence electrons. The minimum absolute atomic E-state index is 0.0135. The number of unbranched alkanes of at least 4 members (excludes halogenated alkanes) is 7. The van der Waals surface area contributed by atoms with E-state index in [9.17, 15) is 9.59 Å². The fraction of sp³-hybridized carbons (Fsp3) is 0.895. The van der Waals surface area contributed by atoms with E-state index in [2.05, 4.69) is 6.92 Å². The van der Waals surface area contributed by atoms with Gasteiger partial charge in [-0.2, -0.15) is 0 Å². The average molecular weight is 342 g/mol. The number of carboxylic acids is 1. The Hall–Kier alpha value is -1.10. The van der Waals surface area contributed by atoms with Crippen LogP contribution in [0.5, 0.6) is 0 Å². The van der Waals surface area contributed by atoms with Crippen LogP contribution < -0.4 is 0 Å². The molecule has 0 amide bonds. The van der Waals surface area contributed by atoms with Crippen LogP contribution in [0.25, 0.3) is 0 Å². The largest absolute Gasteiger partial charge is 0.481 e. The van der Waals surface area contributed by atoms with Gasteiger partial charge in [0.05, 0.1) is 12.5 Å². The second-order valence-electron chi connectivity index (χ2n) is 6.83. The van der Waals surface area contributed by atoms with Crippen molar-refractivity contribution in [2.45, 2.75) is 90.1 Å². The highest BCUT2D eigenvalue weighted by atomic mass is 16.6. The van der Waals surface area contributed by atoms with Gasteiger partial charge in [0, 0.05) is 6.42 Å². The maximum atomic E-state index is 12.2. The summed E-state index contributed by atoms with van der Waals surface area (Å²) >= 11 is 0. The van der Waals surface area contributed by atoms with Gasteiger partial charge in [0.25, 0.3) is 0 Å². The second-order valence-corrected chi connectivity index (χ2v) is 6.83. The summed E-state index contributed by atoms with van der Waals surface area (Å²) in [5.41, 5.74) is 0. The molecule has 1 N–H and O–H groups in total. The second kappa shape index (κ2) is 13.2. The highest BCUT2D eigenvalue weighted by Gasteiger charge is 2.26. The lowest BCUT2D eigenvalue weighted by atomic mass is 9.94. The van der Waals surface area contributed by atoms with Gasteiger partial charge in [0.1, 0.15) is 12.7 Å². The van der Waals surface area contributed by atoms with Crippen LogP contribution in [0.15, 0.2) is 0 Å². The van der Waals surface area contributed by atoms with Crippen LogP contribution in [0.4, 0.5) is 0 Å². The van der Waals surface area contributed by atoms with Gasteiger partial charge in [-0.25, -0.2) is 0 Å². The van der Waals surface area contributed by atoms with Crippen molar-refractivity contribution in [3.63, 3.8) is 0 Å². The third-order valence-corrected chi connectivity index (χ3v) is 4.50. The Kier molecular flexibility index (Phi) is 11.5. The molecular formula is C19H34O5. The van der Waals surface area contributed by atoms with Crippen LogP contribution in [0.3, 0.4) is 0 Å². The van der Waals surface area contributed by atoms with Crippen LogP contribution in [0.1, 0.15) is 84.0 Å². The number of epoxide rings is 1. The molecule has 1 saturated heterocycles. The van der Waals surface area contributed by atoms with E-state index in [-0.39, 0.29) is 24.4 Å². The number of carbonyl (C=O) groups is 2. The molecule has 24 heavy (non-hydrogen) atoms. The number of rotatable bonds is 16. The van der Waals surface area contributed by atoms with E-state index in [0.717, 1.165) is 51.4 Å². The minimum Gasteiger partial charge on any atom is -0.481 e. The molecule has 0 aliphatic carbocycles. The predicted molar refractivity (Wildman–Crippen MR) is 92.9 cm³/mol. The van der Waals surface area contributed by atoms with Crippen molar-refractivity contribution in [3.05, 3.63) is 0 Å². The normalized spacial score (nSPS) is 17.5. The zero-order chi connectivity index (χ0) is 17.6. The molecule has 0 saturated carbocycles. The summed E-state index contributed by atoms with van der Waals surface area (Å²) in [5, 5.41) is 8.60. The number of carboxylic acid groups (broad SMARTS) is 1. The van der Waals surface area contributed by atoms with E-state index in [1.165, 1.54) is 19.3 Å². The lowest BCUT2D eigenvalue weighted by Gasteiger charge is -2.15. The van der Waals surface area contributed by atoms with Crippen LogP contribution >= 0.6 is 0 Å². The van der Waals surface area contributed by atoms with Crippen molar-refractivity contribution in [2.75, 3.05) is 13.2 Å². The van der Waals surface area contributed by atoms with E-state index in [1.807, 2.05) is 0 Å². The monoisotopic (exact) mass is 342 g/mol. The van der Waals surface area contributed by atoms with Gasteiger partial charge in [-0.3, -0.25) is 9.59 Å². The molecule has 5 heteroatoms. The number of ether oxygens (including phenoxy) is 2. The number of carbonyl (C=O) groups excluding carboxylic acids is 1. The molecule has 0 aromatic rings. The minimum atomic E-state index is -0.718. The molecule has 2 unspecified atom stereocenters. The van der Waals surface area contributed by atoms with Gasteiger partial charge in [0.2, 0.25) is 0 Å². The SMILES string of the molecule is CCCCCCC(CCCCCCCC(=O)O)C(=O)OCC1CO1. The molecule has 0 bridgehead atoms. The van der Waals surface area contributed by atoms with Crippen molar-refractivity contribution in [1.82, 2.24) is 0 Å². The Bertz CT molecular complexity index is 352. The molecular weight excluding hydrogens is 308 g/mol. The third kappa shape index (κ3) is 11.4. The van der Waals surface area contributed by atoms with Crippen molar-refractivity contribution in [1.29, 1.82) is 0 Å². The molecule has 0 aromatic heterocycles. The summed E-state index contributed by atoms with van der Waals surface area (Å²) < 4.78 is 10.5. The Labute approximate surface area is 146 Å². The van der Waals surface area contributed by atoms with Gasteiger partial charge in [-0.15, -0.1) is 0 Å². The molecule has 1 heterocycles. The summed E-state index contributed by atoms with van der Waals surface area (Å²) in [6.45, 7) is 3.30. The first kappa shape index (κ1) is 20.9. The van der Waals surface area contributed by atoms with E-state index in [0.29, 0.717) is 13.2 Å². The Morgan fingerprint density at radius 3 is 2.21 bits per heavy atom. The highest BCUT2D eigenvalue weighted by molar-refractivity contribution is 5.72. The van der Waals surface area contributed by atoms with Crippen LogP contribution in [0.2, 0.25) is 0 Å². The van der Waals surface area contributed by atoms with Crippen LogP contribution in [-0.4, -0.2) is 36.4 Å². The summed E-state index contributed by atoms with van der Waals surface area (Å²) in [5.74, 6) is -0.767. The van der Waals surface area contributed by atoms with Gasteiger partial charge < -0.3 is 14.6 Å². The molecule has 0 aromatic carbocycles. The number of aliphatic carboxylic acids is 1. The number of hydrogen-bond donors (Lipinski definition) is 1. The number of hydrogen-bond acceptors (Lipinski definition) is 4. The summed E-state index contributed by atoms with van der Waals surface area (Å²) in [6.07, 6.45) is 11.7. The zero-order valence-electron chi connectivity index (χ0n) is 15.1. The molecule has 2 atom stereocenters.